The van der Waals surface area contributed by atoms with Crippen molar-refractivity contribution in [2.24, 2.45) is 10.9 Å². The predicted molar refractivity (Wildman–Crippen MR) is 118 cm³/mol. The third-order valence-corrected chi connectivity index (χ3v) is 4.78. The molecule has 1 heterocycles. The first-order valence-electron chi connectivity index (χ1n) is 10.4. The molecule has 0 radical (unpaired) electrons. The molecule has 1 aliphatic rings. The van der Waals surface area contributed by atoms with E-state index >= 15 is 0 Å². The molecule has 0 spiro atoms. The van der Waals surface area contributed by atoms with E-state index < -0.39 is 0 Å². The Morgan fingerprint density at radius 1 is 1.14 bits per heavy atom. The standard InChI is InChI=1S/C22H37N5O/c1-6-23-21(25-16-20(28)26-22(3,4)5)24-15-18-7-9-19(10-8-18)27-13-11-17(2)12-14-27/h7-10,17H,6,11-16H2,1-5H3,(H,26,28)(H2,23,24,25). The number of piperidine rings is 1. The van der Waals surface area contributed by atoms with Crippen molar-refractivity contribution < 1.29 is 4.79 Å². The van der Waals surface area contributed by atoms with Gasteiger partial charge >= 0.3 is 0 Å². The first-order valence-corrected chi connectivity index (χ1v) is 10.4. The lowest BCUT2D eigenvalue weighted by molar-refractivity contribution is -0.121. The topological polar surface area (TPSA) is 68.8 Å². The summed E-state index contributed by atoms with van der Waals surface area (Å²) in [4.78, 5) is 19.1. The number of nitrogens with one attached hydrogen (secondary N) is 3. The van der Waals surface area contributed by atoms with E-state index in [0.717, 1.165) is 31.1 Å². The highest BCUT2D eigenvalue weighted by Gasteiger charge is 2.16. The summed E-state index contributed by atoms with van der Waals surface area (Å²) in [5.74, 6) is 1.45. The van der Waals surface area contributed by atoms with Crippen LogP contribution in [0.2, 0.25) is 0 Å². The van der Waals surface area contributed by atoms with Crippen LogP contribution >= 0.6 is 0 Å². The van der Waals surface area contributed by atoms with Gasteiger partial charge in [-0.25, -0.2) is 4.99 Å². The normalized spacial score (nSPS) is 16.0. The maximum atomic E-state index is 12.0. The molecule has 0 aliphatic carbocycles. The van der Waals surface area contributed by atoms with Crippen molar-refractivity contribution in [1.29, 1.82) is 0 Å². The van der Waals surface area contributed by atoms with Gasteiger partial charge in [0, 0.05) is 30.9 Å². The number of carbonyl (C=O) groups is 1. The zero-order chi connectivity index (χ0) is 20.6. The molecule has 1 amide bonds. The van der Waals surface area contributed by atoms with E-state index in [0.29, 0.717) is 12.5 Å². The Bertz CT molecular complexity index is 640. The third-order valence-electron chi connectivity index (χ3n) is 4.78. The Kier molecular flexibility index (Phi) is 8.15. The van der Waals surface area contributed by atoms with Crippen molar-refractivity contribution in [3.8, 4) is 0 Å². The third kappa shape index (κ3) is 7.79. The van der Waals surface area contributed by atoms with Crippen molar-refractivity contribution >= 4 is 17.6 Å². The lowest BCUT2D eigenvalue weighted by Gasteiger charge is -2.32. The van der Waals surface area contributed by atoms with E-state index in [-0.39, 0.29) is 18.0 Å². The summed E-state index contributed by atoms with van der Waals surface area (Å²) in [7, 11) is 0. The van der Waals surface area contributed by atoms with Crippen LogP contribution in [0.5, 0.6) is 0 Å². The minimum absolute atomic E-state index is 0.0432. The second-order valence-corrected chi connectivity index (χ2v) is 8.68. The van der Waals surface area contributed by atoms with Gasteiger partial charge in [-0.05, 0) is 64.2 Å². The number of aliphatic imine (C=N–C) groups is 1. The molecule has 0 aromatic heterocycles. The minimum Gasteiger partial charge on any atom is -0.372 e. The van der Waals surface area contributed by atoms with Crippen LogP contribution in [0.25, 0.3) is 0 Å². The van der Waals surface area contributed by atoms with E-state index in [1.54, 1.807) is 0 Å². The number of hydrogen-bond acceptors (Lipinski definition) is 3. The molecule has 0 bridgehead atoms. The van der Waals surface area contributed by atoms with Gasteiger partial charge in [0.05, 0.1) is 13.1 Å². The molecule has 3 N–H and O–H groups in total. The van der Waals surface area contributed by atoms with Gasteiger partial charge in [-0.3, -0.25) is 4.79 Å². The van der Waals surface area contributed by atoms with Crippen molar-refractivity contribution in [2.45, 2.75) is 59.5 Å². The van der Waals surface area contributed by atoms with Crippen molar-refractivity contribution in [3.05, 3.63) is 29.8 Å². The Morgan fingerprint density at radius 3 is 2.36 bits per heavy atom. The Labute approximate surface area is 170 Å². The highest BCUT2D eigenvalue weighted by Crippen LogP contribution is 2.23. The first kappa shape index (κ1) is 22.1. The highest BCUT2D eigenvalue weighted by atomic mass is 16.2. The van der Waals surface area contributed by atoms with E-state index in [1.165, 1.54) is 18.5 Å². The fourth-order valence-electron chi connectivity index (χ4n) is 3.22. The van der Waals surface area contributed by atoms with Gasteiger partial charge < -0.3 is 20.9 Å². The van der Waals surface area contributed by atoms with Crippen molar-refractivity contribution in [2.75, 3.05) is 31.1 Å². The Balaban J connectivity index is 1.88. The molecular weight excluding hydrogens is 350 g/mol. The van der Waals surface area contributed by atoms with Gasteiger partial charge in [-0.15, -0.1) is 0 Å². The summed E-state index contributed by atoms with van der Waals surface area (Å²) >= 11 is 0. The van der Waals surface area contributed by atoms with Crippen LogP contribution in [0.4, 0.5) is 5.69 Å². The zero-order valence-corrected chi connectivity index (χ0v) is 18.1. The zero-order valence-electron chi connectivity index (χ0n) is 18.1. The summed E-state index contributed by atoms with van der Waals surface area (Å²) in [5.41, 5.74) is 2.22. The largest absolute Gasteiger partial charge is 0.372 e. The SMILES string of the molecule is CCNC(=NCc1ccc(N2CCC(C)CC2)cc1)NCC(=O)NC(C)(C)C. The van der Waals surface area contributed by atoms with Crippen molar-refractivity contribution in [1.82, 2.24) is 16.0 Å². The van der Waals surface area contributed by atoms with Gasteiger partial charge in [0.15, 0.2) is 5.96 Å². The number of rotatable bonds is 6. The second-order valence-electron chi connectivity index (χ2n) is 8.68. The lowest BCUT2D eigenvalue weighted by atomic mass is 9.99. The van der Waals surface area contributed by atoms with Crippen LogP contribution in [-0.4, -0.2) is 43.6 Å². The summed E-state index contributed by atoms with van der Waals surface area (Å²) in [6, 6.07) is 8.68. The van der Waals surface area contributed by atoms with Crippen LogP contribution in [0.15, 0.2) is 29.3 Å². The fourth-order valence-corrected chi connectivity index (χ4v) is 3.22. The maximum absolute atomic E-state index is 12.0. The maximum Gasteiger partial charge on any atom is 0.239 e. The number of hydrogen-bond donors (Lipinski definition) is 3. The summed E-state index contributed by atoms with van der Waals surface area (Å²) in [6.45, 7) is 14.1. The van der Waals surface area contributed by atoms with Gasteiger partial charge in [0.25, 0.3) is 0 Å². The molecule has 1 aliphatic heterocycles. The molecule has 2 rings (SSSR count). The smallest absolute Gasteiger partial charge is 0.239 e. The molecule has 6 heteroatoms. The van der Waals surface area contributed by atoms with E-state index in [1.807, 2.05) is 27.7 Å². The van der Waals surface area contributed by atoms with Crippen molar-refractivity contribution in [3.63, 3.8) is 0 Å². The molecule has 28 heavy (non-hydrogen) atoms. The van der Waals surface area contributed by atoms with Gasteiger partial charge in [0.1, 0.15) is 0 Å². The summed E-state index contributed by atoms with van der Waals surface area (Å²) in [5, 5.41) is 9.23. The van der Waals surface area contributed by atoms with Gasteiger partial charge in [0.2, 0.25) is 5.91 Å². The Morgan fingerprint density at radius 2 is 1.79 bits per heavy atom. The summed E-state index contributed by atoms with van der Waals surface area (Å²) < 4.78 is 0. The van der Waals surface area contributed by atoms with Crippen LogP contribution in [0, 0.1) is 5.92 Å². The average molecular weight is 388 g/mol. The lowest BCUT2D eigenvalue weighted by Crippen LogP contribution is -2.48. The molecule has 6 nitrogen and oxygen atoms in total. The van der Waals surface area contributed by atoms with Crippen LogP contribution < -0.4 is 20.9 Å². The molecule has 156 valence electrons. The average Bonchev–Trinajstić information content (AvgIpc) is 2.64. The fraction of sp³-hybridized carbons (Fsp3) is 0.636. The monoisotopic (exact) mass is 387 g/mol. The minimum atomic E-state index is -0.234. The second kappa shape index (κ2) is 10.3. The predicted octanol–water partition coefficient (Wildman–Crippen LogP) is 2.89. The van der Waals surface area contributed by atoms with E-state index in [9.17, 15) is 4.79 Å². The molecule has 0 atom stereocenters. The first-order chi connectivity index (χ1) is 13.3. The number of guanidine groups is 1. The quantitative estimate of drug-likeness (QED) is 0.519. The number of amides is 1. The van der Waals surface area contributed by atoms with Crippen LogP contribution in [0.1, 0.15) is 53.0 Å². The van der Waals surface area contributed by atoms with Crippen LogP contribution in [-0.2, 0) is 11.3 Å². The molecule has 1 aromatic rings. The molecule has 0 unspecified atom stereocenters. The molecule has 1 fully saturated rings. The number of anilines is 1. The number of nitrogens with zero attached hydrogens (tertiary/aromatic N) is 2. The molecule has 1 saturated heterocycles. The van der Waals surface area contributed by atoms with Gasteiger partial charge in [-0.1, -0.05) is 19.1 Å². The Hall–Kier alpha value is -2.24. The van der Waals surface area contributed by atoms with Crippen LogP contribution in [0.3, 0.4) is 0 Å². The molecule has 1 aromatic carbocycles. The highest BCUT2D eigenvalue weighted by molar-refractivity contribution is 5.86. The molecule has 0 saturated carbocycles. The number of benzene rings is 1. The van der Waals surface area contributed by atoms with E-state index in [2.05, 4.69) is 57.0 Å². The molecular formula is C22H37N5O. The van der Waals surface area contributed by atoms with Gasteiger partial charge in [-0.2, -0.15) is 0 Å². The van der Waals surface area contributed by atoms with E-state index in [4.69, 9.17) is 0 Å². The number of carbonyl (C=O) groups excluding carboxylic acids is 1. The summed E-state index contributed by atoms with van der Waals surface area (Å²) in [6.07, 6.45) is 2.54.